The minimum atomic E-state index is 0.351. The van der Waals surface area contributed by atoms with Crippen LogP contribution >= 0.6 is 22.6 Å². The van der Waals surface area contributed by atoms with Crippen LogP contribution < -0.4 is 9.47 Å². The molecule has 1 heterocycles. The molecule has 64 valence electrons. The van der Waals surface area contributed by atoms with E-state index in [0.29, 0.717) is 18.0 Å². The summed E-state index contributed by atoms with van der Waals surface area (Å²) in [6.45, 7) is 0.351. The lowest BCUT2D eigenvalue weighted by Gasteiger charge is -2.03. The van der Waals surface area contributed by atoms with Crippen molar-refractivity contribution in [3.8, 4) is 11.5 Å². The third-order valence-electron chi connectivity index (χ3n) is 1.19. The molecule has 0 atom stereocenters. The molecule has 5 heteroatoms. The van der Waals surface area contributed by atoms with Crippen LogP contribution in [-0.2, 0) is 4.79 Å². The summed E-state index contributed by atoms with van der Waals surface area (Å²) in [5.74, 6) is 0.970. The van der Waals surface area contributed by atoms with Crippen LogP contribution in [0.15, 0.2) is 12.3 Å². The molecule has 0 aliphatic rings. The lowest BCUT2D eigenvalue weighted by atomic mass is 10.4. The maximum Gasteiger partial charge on any atom is 0.298 e. The zero-order chi connectivity index (χ0) is 8.97. The van der Waals surface area contributed by atoms with Crippen LogP contribution in [0.25, 0.3) is 0 Å². The second-order valence-corrected chi connectivity index (χ2v) is 2.90. The zero-order valence-electron chi connectivity index (χ0n) is 6.28. The summed E-state index contributed by atoms with van der Waals surface area (Å²) in [5.41, 5.74) is 0. The van der Waals surface area contributed by atoms with E-state index in [1.165, 1.54) is 13.3 Å². The number of rotatable bonds is 3. The van der Waals surface area contributed by atoms with Crippen molar-refractivity contribution in [1.82, 2.24) is 4.98 Å². The van der Waals surface area contributed by atoms with Crippen molar-refractivity contribution >= 4 is 29.1 Å². The maximum absolute atomic E-state index is 9.97. The molecule has 1 rings (SSSR count). The number of pyridine rings is 1. The Balaban J connectivity index is 2.96. The Morgan fingerprint density at radius 3 is 3.00 bits per heavy atom. The van der Waals surface area contributed by atoms with E-state index in [-0.39, 0.29) is 0 Å². The van der Waals surface area contributed by atoms with Gasteiger partial charge in [-0.25, -0.2) is 4.98 Å². The Morgan fingerprint density at radius 1 is 1.67 bits per heavy atom. The number of hydrogen-bond donors (Lipinski definition) is 0. The molecule has 12 heavy (non-hydrogen) atoms. The minimum Gasteiger partial charge on any atom is -0.494 e. The van der Waals surface area contributed by atoms with Gasteiger partial charge < -0.3 is 9.47 Å². The highest BCUT2D eigenvalue weighted by Crippen LogP contribution is 2.22. The van der Waals surface area contributed by atoms with Crippen molar-refractivity contribution < 1.29 is 14.3 Å². The van der Waals surface area contributed by atoms with E-state index in [9.17, 15) is 4.79 Å². The molecular formula is C7H6INO3. The molecule has 0 saturated carbocycles. The molecule has 0 radical (unpaired) electrons. The molecule has 0 bridgehead atoms. The summed E-state index contributed by atoms with van der Waals surface area (Å²) in [7, 11) is 1.53. The van der Waals surface area contributed by atoms with E-state index in [4.69, 9.17) is 4.74 Å². The summed E-state index contributed by atoms with van der Waals surface area (Å²) in [5, 5.41) is 0. The summed E-state index contributed by atoms with van der Waals surface area (Å²) in [4.78, 5) is 13.9. The van der Waals surface area contributed by atoms with Gasteiger partial charge in [-0.15, -0.1) is 0 Å². The summed E-state index contributed by atoms with van der Waals surface area (Å²) >= 11 is 2.03. The van der Waals surface area contributed by atoms with Gasteiger partial charge in [-0.1, -0.05) is 0 Å². The van der Waals surface area contributed by atoms with Gasteiger partial charge in [0.25, 0.3) is 6.47 Å². The Kier molecular flexibility index (Phi) is 3.27. The Morgan fingerprint density at radius 2 is 2.42 bits per heavy atom. The van der Waals surface area contributed by atoms with Gasteiger partial charge in [0, 0.05) is 6.07 Å². The molecule has 0 saturated heterocycles. The number of carbonyl (C=O) groups is 1. The average Bonchev–Trinajstić information content (AvgIpc) is 2.09. The zero-order valence-corrected chi connectivity index (χ0v) is 8.44. The topological polar surface area (TPSA) is 48.4 Å². The quantitative estimate of drug-likeness (QED) is 0.474. The molecule has 0 aliphatic carbocycles. The SMILES string of the molecule is COc1cc(OC=O)cnc1I. The van der Waals surface area contributed by atoms with Gasteiger partial charge in [-0.3, -0.25) is 4.79 Å². The van der Waals surface area contributed by atoms with Crippen LogP contribution in [0, 0.1) is 3.70 Å². The molecule has 1 aromatic heterocycles. The third kappa shape index (κ3) is 2.07. The molecule has 1 aromatic rings. The van der Waals surface area contributed by atoms with E-state index >= 15 is 0 Å². The van der Waals surface area contributed by atoms with E-state index in [2.05, 4.69) is 9.72 Å². The van der Waals surface area contributed by atoms with E-state index in [1.807, 2.05) is 22.6 Å². The largest absolute Gasteiger partial charge is 0.494 e. The van der Waals surface area contributed by atoms with Crippen LogP contribution in [0.4, 0.5) is 0 Å². The van der Waals surface area contributed by atoms with Crippen LogP contribution in [0.5, 0.6) is 11.5 Å². The van der Waals surface area contributed by atoms with Crippen LogP contribution in [0.1, 0.15) is 0 Å². The standard InChI is InChI=1S/C7H6INO3/c1-11-6-2-5(12-4-10)3-9-7(6)8/h2-4H,1H3. The summed E-state index contributed by atoms with van der Waals surface area (Å²) < 4.78 is 10.3. The molecule has 0 amide bonds. The number of ether oxygens (including phenoxy) is 2. The van der Waals surface area contributed by atoms with Crippen molar-refractivity contribution in [2.45, 2.75) is 0 Å². The number of nitrogens with zero attached hydrogens (tertiary/aromatic N) is 1. The van der Waals surface area contributed by atoms with E-state index in [1.54, 1.807) is 6.07 Å². The Hall–Kier alpha value is -0.850. The van der Waals surface area contributed by atoms with Gasteiger partial charge in [0.15, 0.2) is 11.5 Å². The van der Waals surface area contributed by atoms with Crippen molar-refractivity contribution in [2.75, 3.05) is 7.11 Å². The minimum absolute atomic E-state index is 0.351. The first-order valence-corrected chi connectivity index (χ1v) is 4.15. The van der Waals surface area contributed by atoms with E-state index < -0.39 is 0 Å². The first-order valence-electron chi connectivity index (χ1n) is 3.07. The maximum atomic E-state index is 9.97. The first kappa shape index (κ1) is 9.24. The molecule has 0 spiro atoms. The van der Waals surface area contributed by atoms with Gasteiger partial charge in [-0.2, -0.15) is 0 Å². The molecule has 0 unspecified atom stereocenters. The molecule has 0 aromatic carbocycles. The van der Waals surface area contributed by atoms with Crippen molar-refractivity contribution in [2.24, 2.45) is 0 Å². The highest BCUT2D eigenvalue weighted by molar-refractivity contribution is 14.1. The fraction of sp³-hybridized carbons (Fsp3) is 0.143. The highest BCUT2D eigenvalue weighted by atomic mass is 127. The molecule has 0 N–H and O–H groups in total. The fourth-order valence-corrected chi connectivity index (χ4v) is 1.19. The normalized spacial score (nSPS) is 9.17. The molecule has 0 fully saturated rings. The van der Waals surface area contributed by atoms with Gasteiger partial charge in [-0.05, 0) is 22.6 Å². The molecule has 4 nitrogen and oxygen atoms in total. The number of halogens is 1. The lowest BCUT2D eigenvalue weighted by molar-refractivity contribution is -0.120. The van der Waals surface area contributed by atoms with Gasteiger partial charge in [0.05, 0.1) is 13.3 Å². The third-order valence-corrected chi connectivity index (χ3v) is 2.00. The second-order valence-electron chi connectivity index (χ2n) is 1.88. The molecule has 0 aliphatic heterocycles. The fourth-order valence-electron chi connectivity index (χ4n) is 0.673. The van der Waals surface area contributed by atoms with Gasteiger partial charge in [0.1, 0.15) is 3.70 Å². The lowest BCUT2D eigenvalue weighted by Crippen LogP contribution is -1.94. The van der Waals surface area contributed by atoms with Crippen LogP contribution in [0.2, 0.25) is 0 Å². The smallest absolute Gasteiger partial charge is 0.298 e. The predicted molar refractivity (Wildman–Crippen MR) is 50.2 cm³/mol. The van der Waals surface area contributed by atoms with Gasteiger partial charge >= 0.3 is 0 Å². The summed E-state index contributed by atoms with van der Waals surface area (Å²) in [6.07, 6.45) is 1.46. The number of hydrogen-bond acceptors (Lipinski definition) is 4. The average molecular weight is 279 g/mol. The van der Waals surface area contributed by atoms with Crippen LogP contribution in [0.3, 0.4) is 0 Å². The van der Waals surface area contributed by atoms with E-state index in [0.717, 1.165) is 3.70 Å². The Bertz CT molecular complexity index is 290. The van der Waals surface area contributed by atoms with Crippen molar-refractivity contribution in [3.63, 3.8) is 0 Å². The monoisotopic (exact) mass is 279 g/mol. The van der Waals surface area contributed by atoms with Crippen molar-refractivity contribution in [3.05, 3.63) is 16.0 Å². The number of aromatic nitrogens is 1. The summed E-state index contributed by atoms with van der Waals surface area (Å²) in [6, 6.07) is 1.60. The number of methoxy groups -OCH3 is 1. The highest BCUT2D eigenvalue weighted by Gasteiger charge is 2.02. The van der Waals surface area contributed by atoms with Crippen LogP contribution in [-0.4, -0.2) is 18.6 Å². The Labute approximate surface area is 83.0 Å². The second kappa shape index (κ2) is 4.24. The van der Waals surface area contributed by atoms with Crippen molar-refractivity contribution in [1.29, 1.82) is 0 Å². The first-order chi connectivity index (χ1) is 5.77. The molecular weight excluding hydrogens is 273 g/mol. The van der Waals surface area contributed by atoms with Gasteiger partial charge in [0.2, 0.25) is 0 Å². The number of carbonyl (C=O) groups excluding carboxylic acids is 1. The predicted octanol–water partition coefficient (Wildman–Crippen LogP) is 1.23.